The summed E-state index contributed by atoms with van der Waals surface area (Å²) >= 11 is 1.75. The van der Waals surface area contributed by atoms with Gasteiger partial charge in [-0.2, -0.15) is 11.8 Å². The van der Waals surface area contributed by atoms with Crippen LogP contribution in [0.1, 0.15) is 13.8 Å². The lowest BCUT2D eigenvalue weighted by Crippen LogP contribution is -2.41. The molecule has 2 saturated heterocycles. The number of urea groups is 1. The maximum absolute atomic E-state index is 11.8. The second-order valence-electron chi connectivity index (χ2n) is 3.87. The number of thioether (sulfide) groups is 1. The summed E-state index contributed by atoms with van der Waals surface area (Å²) in [6.45, 7) is 4.46. The maximum Gasteiger partial charge on any atom is 0.327 e. The molecule has 0 aromatic heterocycles. The van der Waals surface area contributed by atoms with Gasteiger partial charge in [0.2, 0.25) is 0 Å². The fourth-order valence-electron chi connectivity index (χ4n) is 1.91. The monoisotopic (exact) mass is 214 g/mol. The van der Waals surface area contributed by atoms with Crippen molar-refractivity contribution in [3.8, 4) is 0 Å². The first-order chi connectivity index (χ1) is 6.63. The molecule has 0 N–H and O–H groups in total. The van der Waals surface area contributed by atoms with E-state index < -0.39 is 0 Å². The third-order valence-electron chi connectivity index (χ3n) is 2.62. The average molecular weight is 214 g/mol. The minimum absolute atomic E-state index is 0.0165. The zero-order chi connectivity index (χ0) is 10.3. The van der Waals surface area contributed by atoms with Gasteiger partial charge >= 0.3 is 6.03 Å². The third kappa shape index (κ3) is 1.30. The predicted octanol–water partition coefficient (Wildman–Crippen LogP) is 0.774. The van der Waals surface area contributed by atoms with Gasteiger partial charge in [-0.25, -0.2) is 4.79 Å². The third-order valence-corrected chi connectivity index (χ3v) is 3.64. The van der Waals surface area contributed by atoms with Gasteiger partial charge in [-0.1, -0.05) is 0 Å². The fourth-order valence-corrected chi connectivity index (χ4v) is 2.94. The fraction of sp³-hybridized carbons (Fsp3) is 0.778. The lowest BCUT2D eigenvalue weighted by atomic mass is 10.2. The topological polar surface area (TPSA) is 40.6 Å². The molecule has 14 heavy (non-hydrogen) atoms. The van der Waals surface area contributed by atoms with E-state index in [4.69, 9.17) is 0 Å². The maximum atomic E-state index is 11.8. The first kappa shape index (κ1) is 9.83. The Morgan fingerprint density at radius 2 is 2.14 bits per heavy atom. The normalized spacial score (nSPS) is 27.5. The summed E-state index contributed by atoms with van der Waals surface area (Å²) in [6.07, 6.45) is 0. The molecular formula is C9H14N2O2S. The summed E-state index contributed by atoms with van der Waals surface area (Å²) in [6, 6.07) is -0.315. The van der Waals surface area contributed by atoms with Gasteiger partial charge in [0.1, 0.15) is 6.04 Å². The highest BCUT2D eigenvalue weighted by Gasteiger charge is 2.46. The largest absolute Gasteiger partial charge is 0.327 e. The molecule has 1 unspecified atom stereocenters. The summed E-state index contributed by atoms with van der Waals surface area (Å²) in [5, 5.41) is 0. The van der Waals surface area contributed by atoms with E-state index >= 15 is 0 Å². The van der Waals surface area contributed by atoms with Crippen LogP contribution in [0.5, 0.6) is 0 Å². The highest BCUT2D eigenvalue weighted by Crippen LogP contribution is 2.26. The van der Waals surface area contributed by atoms with Crippen LogP contribution in [0.2, 0.25) is 0 Å². The minimum atomic E-state index is -0.191. The van der Waals surface area contributed by atoms with Crippen LogP contribution in [0.4, 0.5) is 4.79 Å². The number of hydrogen-bond acceptors (Lipinski definition) is 3. The van der Waals surface area contributed by atoms with E-state index in [1.807, 2.05) is 13.8 Å². The van der Waals surface area contributed by atoms with Crippen LogP contribution >= 0.6 is 11.8 Å². The standard InChI is InChI=1S/C9H14N2O2S/c1-6(2)11-8(12)7-5-14-4-3-10(7)9(11)13/h6-7H,3-5H2,1-2H3. The van der Waals surface area contributed by atoms with E-state index in [-0.39, 0.29) is 24.0 Å². The molecule has 0 bridgehead atoms. The smallest absolute Gasteiger partial charge is 0.311 e. The van der Waals surface area contributed by atoms with Gasteiger partial charge in [0.15, 0.2) is 0 Å². The summed E-state index contributed by atoms with van der Waals surface area (Å²) in [5.74, 6) is 1.69. The molecule has 2 rings (SSSR count). The van der Waals surface area contributed by atoms with Crippen LogP contribution < -0.4 is 0 Å². The Labute approximate surface area is 87.6 Å². The molecule has 0 aliphatic carbocycles. The predicted molar refractivity (Wildman–Crippen MR) is 55.2 cm³/mol. The zero-order valence-electron chi connectivity index (χ0n) is 8.40. The van der Waals surface area contributed by atoms with Crippen molar-refractivity contribution in [2.24, 2.45) is 0 Å². The zero-order valence-corrected chi connectivity index (χ0v) is 9.21. The molecule has 78 valence electrons. The van der Waals surface area contributed by atoms with Crippen LogP contribution in [0, 0.1) is 0 Å². The molecule has 1 atom stereocenters. The Bertz CT molecular complexity index is 256. The van der Waals surface area contributed by atoms with E-state index in [1.165, 1.54) is 4.90 Å². The summed E-state index contributed by atoms with van der Waals surface area (Å²) in [7, 11) is 0. The number of fused-ring (bicyclic) bond motifs is 1. The first-order valence-electron chi connectivity index (χ1n) is 4.84. The van der Waals surface area contributed by atoms with Crippen molar-refractivity contribution in [3.05, 3.63) is 0 Å². The van der Waals surface area contributed by atoms with Crippen molar-refractivity contribution in [2.45, 2.75) is 25.9 Å². The second-order valence-corrected chi connectivity index (χ2v) is 5.02. The number of carbonyl (C=O) groups excluding carboxylic acids is 2. The van der Waals surface area contributed by atoms with Crippen LogP contribution in [-0.4, -0.2) is 51.9 Å². The van der Waals surface area contributed by atoms with E-state index in [0.717, 1.165) is 11.5 Å². The molecule has 4 nitrogen and oxygen atoms in total. The SMILES string of the molecule is CC(C)N1C(=O)C2CSCCN2C1=O. The molecule has 2 heterocycles. The van der Waals surface area contributed by atoms with Crippen molar-refractivity contribution in [1.82, 2.24) is 9.80 Å². The number of carbonyl (C=O) groups is 2. The van der Waals surface area contributed by atoms with E-state index in [1.54, 1.807) is 16.7 Å². The molecule has 0 saturated carbocycles. The highest BCUT2D eigenvalue weighted by atomic mass is 32.2. The van der Waals surface area contributed by atoms with Gasteiger partial charge in [0.05, 0.1) is 0 Å². The van der Waals surface area contributed by atoms with Crippen LogP contribution in [0.15, 0.2) is 0 Å². The van der Waals surface area contributed by atoms with Gasteiger partial charge in [-0.05, 0) is 13.8 Å². The molecule has 2 fully saturated rings. The average Bonchev–Trinajstić information content (AvgIpc) is 2.41. The quantitative estimate of drug-likeness (QED) is 0.605. The van der Waals surface area contributed by atoms with Crippen LogP contribution in [-0.2, 0) is 4.79 Å². The summed E-state index contributed by atoms with van der Waals surface area (Å²) in [5.41, 5.74) is 0. The number of imide groups is 1. The Morgan fingerprint density at radius 1 is 1.43 bits per heavy atom. The van der Waals surface area contributed by atoms with Crippen LogP contribution in [0.3, 0.4) is 0 Å². The van der Waals surface area contributed by atoms with Gasteiger partial charge < -0.3 is 4.90 Å². The van der Waals surface area contributed by atoms with Gasteiger partial charge in [0.25, 0.3) is 5.91 Å². The lowest BCUT2D eigenvalue weighted by Gasteiger charge is -2.25. The molecule has 3 amide bonds. The summed E-state index contributed by atoms with van der Waals surface area (Å²) < 4.78 is 0. The molecular weight excluding hydrogens is 200 g/mol. The lowest BCUT2D eigenvalue weighted by molar-refractivity contribution is -0.128. The number of amides is 3. The Kier molecular flexibility index (Phi) is 2.43. The number of nitrogens with zero attached hydrogens (tertiary/aromatic N) is 2. The molecule has 0 radical (unpaired) electrons. The molecule has 0 spiro atoms. The number of hydrogen-bond donors (Lipinski definition) is 0. The van der Waals surface area contributed by atoms with Crippen molar-refractivity contribution < 1.29 is 9.59 Å². The Hall–Kier alpha value is -0.710. The van der Waals surface area contributed by atoms with Crippen molar-refractivity contribution in [1.29, 1.82) is 0 Å². The molecule has 2 aliphatic heterocycles. The van der Waals surface area contributed by atoms with E-state index in [2.05, 4.69) is 0 Å². The van der Waals surface area contributed by atoms with E-state index in [9.17, 15) is 9.59 Å². The Morgan fingerprint density at radius 3 is 2.71 bits per heavy atom. The molecule has 0 aromatic carbocycles. The second kappa shape index (κ2) is 3.46. The van der Waals surface area contributed by atoms with Gasteiger partial charge in [-0.15, -0.1) is 0 Å². The van der Waals surface area contributed by atoms with Crippen molar-refractivity contribution in [2.75, 3.05) is 18.1 Å². The van der Waals surface area contributed by atoms with Gasteiger partial charge in [0, 0.05) is 24.1 Å². The molecule has 5 heteroatoms. The van der Waals surface area contributed by atoms with E-state index in [0.29, 0.717) is 6.54 Å². The minimum Gasteiger partial charge on any atom is -0.311 e. The molecule has 0 aromatic rings. The molecule has 2 aliphatic rings. The highest BCUT2D eigenvalue weighted by molar-refractivity contribution is 7.99. The van der Waals surface area contributed by atoms with Crippen molar-refractivity contribution in [3.63, 3.8) is 0 Å². The van der Waals surface area contributed by atoms with Crippen molar-refractivity contribution >= 4 is 23.7 Å². The van der Waals surface area contributed by atoms with Gasteiger partial charge in [-0.3, -0.25) is 9.69 Å². The van der Waals surface area contributed by atoms with Crippen LogP contribution in [0.25, 0.3) is 0 Å². The first-order valence-corrected chi connectivity index (χ1v) is 6.00. The number of rotatable bonds is 1. The summed E-state index contributed by atoms with van der Waals surface area (Å²) in [4.78, 5) is 26.7. The Balaban J connectivity index is 2.24.